The van der Waals surface area contributed by atoms with Crippen molar-refractivity contribution in [3.05, 3.63) is 68.6 Å². The molecule has 4 aromatic rings. The van der Waals surface area contributed by atoms with Crippen molar-refractivity contribution >= 4 is 11.2 Å². The van der Waals surface area contributed by atoms with Crippen molar-refractivity contribution in [3.8, 4) is 11.4 Å². The summed E-state index contributed by atoms with van der Waals surface area (Å²) in [6.07, 6.45) is 0.729. The van der Waals surface area contributed by atoms with Crippen molar-refractivity contribution in [1.29, 1.82) is 0 Å². The SMILES string of the molecule is Cn1c(=O)n(CC2CC2)c(=O)c2[nH]c(-c3cnn(Cc4cccc(C(F)(F)F)c4)c3)nc21. The van der Waals surface area contributed by atoms with Gasteiger partial charge < -0.3 is 4.98 Å². The Hall–Kier alpha value is -3.63. The molecule has 1 N–H and O–H groups in total. The van der Waals surface area contributed by atoms with Crippen LogP contribution in [0.4, 0.5) is 13.2 Å². The van der Waals surface area contributed by atoms with Gasteiger partial charge in [-0.3, -0.25) is 18.6 Å². The third kappa shape index (κ3) is 3.63. The Morgan fingerprint density at radius 2 is 2.00 bits per heavy atom. The van der Waals surface area contributed by atoms with Crippen LogP contribution in [-0.2, 0) is 26.3 Å². The number of hydrogen-bond donors (Lipinski definition) is 1. The van der Waals surface area contributed by atoms with Crippen LogP contribution in [-0.4, -0.2) is 28.9 Å². The number of halogens is 3. The first-order valence-corrected chi connectivity index (χ1v) is 10.1. The van der Waals surface area contributed by atoms with E-state index in [4.69, 9.17) is 0 Å². The zero-order valence-corrected chi connectivity index (χ0v) is 17.1. The molecule has 0 aliphatic heterocycles. The molecule has 1 saturated carbocycles. The third-order valence-electron chi connectivity index (χ3n) is 5.62. The predicted molar refractivity (Wildman–Crippen MR) is 110 cm³/mol. The highest BCUT2D eigenvalue weighted by Gasteiger charge is 2.30. The fourth-order valence-corrected chi connectivity index (χ4v) is 3.71. The summed E-state index contributed by atoms with van der Waals surface area (Å²) in [6.45, 7) is 0.529. The number of alkyl halides is 3. The van der Waals surface area contributed by atoms with Gasteiger partial charge in [0.25, 0.3) is 5.56 Å². The molecule has 1 aliphatic carbocycles. The number of aryl methyl sites for hydroxylation is 1. The molecule has 0 unspecified atom stereocenters. The number of rotatable bonds is 5. The molecule has 11 heteroatoms. The summed E-state index contributed by atoms with van der Waals surface area (Å²) in [5.41, 5.74) is -0.0693. The summed E-state index contributed by atoms with van der Waals surface area (Å²) >= 11 is 0. The van der Waals surface area contributed by atoms with Crippen LogP contribution in [0.25, 0.3) is 22.6 Å². The Bertz CT molecular complexity index is 1440. The number of imidazole rings is 1. The molecule has 32 heavy (non-hydrogen) atoms. The van der Waals surface area contributed by atoms with E-state index in [-0.39, 0.29) is 17.7 Å². The molecule has 0 bridgehead atoms. The number of hydrogen-bond acceptors (Lipinski definition) is 4. The van der Waals surface area contributed by atoms with Gasteiger partial charge in [0, 0.05) is 19.8 Å². The quantitative estimate of drug-likeness (QED) is 0.513. The minimum atomic E-state index is -4.41. The molecule has 166 valence electrons. The molecule has 0 radical (unpaired) electrons. The smallest absolute Gasteiger partial charge is 0.332 e. The largest absolute Gasteiger partial charge is 0.416 e. The molecular formula is C21H19F3N6O2. The van der Waals surface area contributed by atoms with Crippen LogP contribution in [0.15, 0.2) is 46.2 Å². The Labute approximate surface area is 178 Å². The van der Waals surface area contributed by atoms with Crippen molar-refractivity contribution in [1.82, 2.24) is 28.9 Å². The summed E-state index contributed by atoms with van der Waals surface area (Å²) < 4.78 is 42.9. The lowest BCUT2D eigenvalue weighted by atomic mass is 10.1. The number of nitrogens with zero attached hydrogens (tertiary/aromatic N) is 5. The van der Waals surface area contributed by atoms with Gasteiger partial charge in [-0.2, -0.15) is 18.3 Å². The number of benzene rings is 1. The third-order valence-corrected chi connectivity index (χ3v) is 5.62. The van der Waals surface area contributed by atoms with Crippen LogP contribution >= 0.6 is 0 Å². The lowest BCUT2D eigenvalue weighted by Crippen LogP contribution is -2.39. The zero-order chi connectivity index (χ0) is 22.6. The van der Waals surface area contributed by atoms with Crippen molar-refractivity contribution in [2.45, 2.75) is 32.1 Å². The Kier molecular flexibility index (Phi) is 4.57. The van der Waals surface area contributed by atoms with Crippen molar-refractivity contribution in [2.75, 3.05) is 0 Å². The maximum absolute atomic E-state index is 12.9. The van der Waals surface area contributed by atoms with Gasteiger partial charge in [-0.25, -0.2) is 9.78 Å². The zero-order valence-electron chi connectivity index (χ0n) is 17.1. The van der Waals surface area contributed by atoms with Gasteiger partial charge in [-0.15, -0.1) is 0 Å². The first-order chi connectivity index (χ1) is 15.2. The summed E-state index contributed by atoms with van der Waals surface area (Å²) in [6, 6.07) is 5.05. The van der Waals surface area contributed by atoms with Crippen LogP contribution in [0.1, 0.15) is 24.0 Å². The second-order valence-corrected chi connectivity index (χ2v) is 8.11. The summed E-state index contributed by atoms with van der Waals surface area (Å²) in [5.74, 6) is 0.709. The van der Waals surface area contributed by atoms with Crippen molar-refractivity contribution < 1.29 is 13.2 Å². The van der Waals surface area contributed by atoms with Crippen LogP contribution in [0, 0.1) is 5.92 Å². The first kappa shape index (κ1) is 20.3. The molecule has 0 spiro atoms. The van der Waals surface area contributed by atoms with Gasteiger partial charge in [0.1, 0.15) is 11.3 Å². The summed E-state index contributed by atoms with van der Waals surface area (Å²) in [7, 11) is 1.56. The second-order valence-electron chi connectivity index (χ2n) is 8.11. The maximum atomic E-state index is 12.9. The molecule has 5 rings (SSSR count). The lowest BCUT2D eigenvalue weighted by molar-refractivity contribution is -0.137. The number of aromatic amines is 1. The Balaban J connectivity index is 1.47. The van der Waals surface area contributed by atoms with Crippen LogP contribution in [0.3, 0.4) is 0 Å². The topological polar surface area (TPSA) is 90.5 Å². The normalized spacial score (nSPS) is 14.4. The molecule has 1 aliphatic rings. The molecule has 3 heterocycles. The van der Waals surface area contributed by atoms with E-state index < -0.39 is 23.0 Å². The number of aromatic nitrogens is 6. The predicted octanol–water partition coefficient (Wildman–Crippen LogP) is 2.76. The number of fused-ring (bicyclic) bond motifs is 1. The van der Waals surface area contributed by atoms with E-state index in [1.807, 2.05) is 0 Å². The van der Waals surface area contributed by atoms with Crippen LogP contribution in [0.5, 0.6) is 0 Å². The molecule has 1 aromatic carbocycles. The molecule has 0 atom stereocenters. The molecule has 1 fully saturated rings. The minimum Gasteiger partial charge on any atom is -0.332 e. The van der Waals surface area contributed by atoms with E-state index >= 15 is 0 Å². The van der Waals surface area contributed by atoms with E-state index in [1.165, 1.54) is 26.1 Å². The Morgan fingerprint density at radius 1 is 1.22 bits per heavy atom. The maximum Gasteiger partial charge on any atom is 0.416 e. The van der Waals surface area contributed by atoms with Crippen molar-refractivity contribution in [3.63, 3.8) is 0 Å². The van der Waals surface area contributed by atoms with E-state index in [0.717, 1.165) is 25.0 Å². The standard InChI is InChI=1S/C21H19F3N6O2/c1-28-18-16(19(31)30(20(28)32)10-12-5-6-12)26-17(27-18)14-8-25-29(11-14)9-13-3-2-4-15(7-13)21(22,23)24/h2-4,7-8,11-12H,5-6,9-10H2,1H3,(H,26,27). The first-order valence-electron chi connectivity index (χ1n) is 10.1. The number of H-pyrrole nitrogens is 1. The van der Waals surface area contributed by atoms with E-state index in [0.29, 0.717) is 29.4 Å². The van der Waals surface area contributed by atoms with Gasteiger partial charge in [-0.1, -0.05) is 12.1 Å². The number of nitrogens with one attached hydrogen (secondary N) is 1. The average Bonchev–Trinajstić information content (AvgIpc) is 3.26. The van der Waals surface area contributed by atoms with Gasteiger partial charge in [-0.05, 0) is 36.5 Å². The monoisotopic (exact) mass is 444 g/mol. The molecule has 0 amide bonds. The Morgan fingerprint density at radius 3 is 2.72 bits per heavy atom. The van der Waals surface area contributed by atoms with Gasteiger partial charge in [0.2, 0.25) is 0 Å². The minimum absolute atomic E-state index is 0.136. The molecule has 3 aromatic heterocycles. The van der Waals surface area contributed by atoms with Crippen LogP contribution < -0.4 is 11.2 Å². The highest BCUT2D eigenvalue weighted by Crippen LogP contribution is 2.30. The van der Waals surface area contributed by atoms with E-state index in [1.54, 1.807) is 19.3 Å². The summed E-state index contributed by atoms with van der Waals surface area (Å²) in [4.78, 5) is 32.8. The van der Waals surface area contributed by atoms with Gasteiger partial charge >= 0.3 is 11.9 Å². The fourth-order valence-electron chi connectivity index (χ4n) is 3.71. The van der Waals surface area contributed by atoms with Crippen molar-refractivity contribution in [2.24, 2.45) is 13.0 Å². The van der Waals surface area contributed by atoms with Crippen LogP contribution in [0.2, 0.25) is 0 Å². The van der Waals surface area contributed by atoms with Gasteiger partial charge in [0.15, 0.2) is 5.65 Å². The molecule has 8 nitrogen and oxygen atoms in total. The molecular weight excluding hydrogens is 425 g/mol. The summed E-state index contributed by atoms with van der Waals surface area (Å²) in [5, 5.41) is 4.20. The van der Waals surface area contributed by atoms with E-state index in [9.17, 15) is 22.8 Å². The fraction of sp³-hybridized carbons (Fsp3) is 0.333. The van der Waals surface area contributed by atoms with E-state index in [2.05, 4.69) is 15.1 Å². The second kappa shape index (κ2) is 7.21. The lowest BCUT2D eigenvalue weighted by Gasteiger charge is -2.08. The van der Waals surface area contributed by atoms with Gasteiger partial charge in [0.05, 0.1) is 23.9 Å². The molecule has 0 saturated heterocycles. The highest BCUT2D eigenvalue weighted by atomic mass is 19.4. The average molecular weight is 444 g/mol. The highest BCUT2D eigenvalue weighted by molar-refractivity contribution is 5.75.